The fourth-order valence-corrected chi connectivity index (χ4v) is 7.84. The molecule has 0 fully saturated rings. The van der Waals surface area contributed by atoms with Gasteiger partial charge in [0.1, 0.15) is 0 Å². The monoisotopic (exact) mass is 671 g/mol. The fraction of sp³-hybridized carbons (Fsp3) is 0.357. The van der Waals surface area contributed by atoms with Gasteiger partial charge in [0.2, 0.25) is 17.7 Å². The minimum atomic E-state index is -0.312. The summed E-state index contributed by atoms with van der Waals surface area (Å²) in [5, 5.41) is 7.46. The largest absolute Gasteiger partial charge is 0.378 e. The zero-order chi connectivity index (χ0) is 35.4. The van der Waals surface area contributed by atoms with Crippen LogP contribution < -0.4 is 26.2 Å². The molecule has 2 aliphatic heterocycles. The summed E-state index contributed by atoms with van der Waals surface area (Å²) in [6.45, 7) is 8.05. The van der Waals surface area contributed by atoms with Crippen LogP contribution in [0.3, 0.4) is 0 Å². The molecule has 0 aromatic heterocycles. The summed E-state index contributed by atoms with van der Waals surface area (Å²) in [4.78, 5) is 41.4. The molecule has 50 heavy (non-hydrogen) atoms. The Balaban J connectivity index is 1.19. The molecular formula is C42H49N5O3. The molecule has 3 amide bonds. The first-order valence-corrected chi connectivity index (χ1v) is 18.0. The SMILES string of the molecule is CCC(=O)N1c2ccccc2[C@H](Nc2ccc(C(CCC(N)=O)c3ccc(N[C@@H]4C[C@H](C)N(C(=O)CC)c5ccccc54)cc3)cc2)C[C@@H]1C. The van der Waals surface area contributed by atoms with E-state index < -0.39 is 0 Å². The zero-order valence-electron chi connectivity index (χ0n) is 29.6. The minimum absolute atomic E-state index is 0.00122. The lowest BCUT2D eigenvalue weighted by atomic mass is 9.86. The summed E-state index contributed by atoms with van der Waals surface area (Å²) in [7, 11) is 0. The summed E-state index contributed by atoms with van der Waals surface area (Å²) in [6.07, 6.45) is 3.48. The summed E-state index contributed by atoms with van der Waals surface area (Å²) in [5.74, 6) is -0.0283. The van der Waals surface area contributed by atoms with Gasteiger partial charge >= 0.3 is 0 Å². The number of rotatable bonds is 11. The Labute approximate surface area is 296 Å². The van der Waals surface area contributed by atoms with Crippen LogP contribution in [0.2, 0.25) is 0 Å². The topological polar surface area (TPSA) is 108 Å². The molecule has 0 saturated carbocycles. The smallest absolute Gasteiger partial charge is 0.226 e. The van der Waals surface area contributed by atoms with Crippen LogP contribution in [0.5, 0.6) is 0 Å². The van der Waals surface area contributed by atoms with E-state index in [1.807, 2.05) is 60.0 Å². The molecule has 4 N–H and O–H groups in total. The second kappa shape index (κ2) is 15.2. The maximum Gasteiger partial charge on any atom is 0.226 e. The summed E-state index contributed by atoms with van der Waals surface area (Å²) in [6, 6.07) is 33.6. The summed E-state index contributed by atoms with van der Waals surface area (Å²) >= 11 is 0. The maximum atomic E-state index is 12.8. The van der Waals surface area contributed by atoms with Gasteiger partial charge in [-0.1, -0.05) is 74.5 Å². The summed E-state index contributed by atoms with van der Waals surface area (Å²) in [5.41, 5.74) is 14.1. The van der Waals surface area contributed by atoms with Gasteiger partial charge < -0.3 is 26.2 Å². The van der Waals surface area contributed by atoms with E-state index in [-0.39, 0.29) is 54.2 Å². The van der Waals surface area contributed by atoms with Crippen molar-refractivity contribution in [3.8, 4) is 0 Å². The lowest BCUT2D eigenvalue weighted by Gasteiger charge is -2.40. The number of para-hydroxylation sites is 2. The molecule has 8 nitrogen and oxygen atoms in total. The molecule has 2 aliphatic rings. The number of carbonyl (C=O) groups excluding carboxylic acids is 3. The maximum absolute atomic E-state index is 12.8. The van der Waals surface area contributed by atoms with Crippen molar-refractivity contribution < 1.29 is 14.4 Å². The van der Waals surface area contributed by atoms with Gasteiger partial charge in [-0.25, -0.2) is 0 Å². The van der Waals surface area contributed by atoms with E-state index in [0.29, 0.717) is 19.3 Å². The second-order valence-corrected chi connectivity index (χ2v) is 13.7. The number of primary amides is 1. The van der Waals surface area contributed by atoms with Crippen molar-refractivity contribution in [3.63, 3.8) is 0 Å². The van der Waals surface area contributed by atoms with Crippen LogP contribution in [-0.4, -0.2) is 29.8 Å². The van der Waals surface area contributed by atoms with E-state index in [4.69, 9.17) is 5.73 Å². The molecule has 0 saturated heterocycles. The van der Waals surface area contributed by atoms with Crippen molar-refractivity contribution in [2.75, 3.05) is 20.4 Å². The van der Waals surface area contributed by atoms with Crippen LogP contribution in [0.15, 0.2) is 97.1 Å². The first-order valence-electron chi connectivity index (χ1n) is 18.0. The molecule has 0 aliphatic carbocycles. The standard InChI is InChI=1S/C42H49N5O3/c1-5-41(49)46-27(3)25-36(34-11-7-9-13-38(34)46)44-31-19-15-29(16-20-31)33(23-24-40(43)48)30-17-21-32(22-18-30)45-37-26-28(4)47(42(50)6-2)39-14-10-8-12-35(37)39/h7-22,27-28,33,36-37,44-45H,5-6,23-26H2,1-4H3,(H2,43,48)/t27-,28-,36+,37+/m0/s1. The van der Waals surface area contributed by atoms with Crippen molar-refractivity contribution >= 4 is 40.5 Å². The minimum Gasteiger partial charge on any atom is -0.378 e. The zero-order valence-corrected chi connectivity index (χ0v) is 29.6. The molecule has 6 rings (SSSR count). The van der Waals surface area contributed by atoms with Gasteiger partial charge in [0.25, 0.3) is 0 Å². The number of carbonyl (C=O) groups is 3. The van der Waals surface area contributed by atoms with Gasteiger partial charge in [0.05, 0.1) is 12.1 Å². The number of nitrogens with two attached hydrogens (primary N) is 1. The molecule has 4 atom stereocenters. The normalized spacial score (nSPS) is 19.8. The highest BCUT2D eigenvalue weighted by Gasteiger charge is 2.34. The molecule has 0 spiro atoms. The number of benzene rings is 4. The quantitative estimate of drug-likeness (QED) is 0.148. The van der Waals surface area contributed by atoms with E-state index >= 15 is 0 Å². The highest BCUT2D eigenvalue weighted by molar-refractivity contribution is 5.96. The number of fused-ring (bicyclic) bond motifs is 2. The van der Waals surface area contributed by atoms with Gasteiger partial charge in [-0.15, -0.1) is 0 Å². The van der Waals surface area contributed by atoms with Crippen LogP contribution in [0.1, 0.15) is 106 Å². The number of nitrogens with zero attached hydrogens (tertiary/aromatic N) is 2. The van der Waals surface area contributed by atoms with Gasteiger partial charge in [0, 0.05) is 60.0 Å². The van der Waals surface area contributed by atoms with Gasteiger partial charge in [-0.05, 0) is 91.8 Å². The molecule has 2 heterocycles. The van der Waals surface area contributed by atoms with Crippen molar-refractivity contribution in [1.29, 1.82) is 0 Å². The molecule has 0 unspecified atom stereocenters. The van der Waals surface area contributed by atoms with Crippen molar-refractivity contribution in [2.24, 2.45) is 5.73 Å². The van der Waals surface area contributed by atoms with Gasteiger partial charge in [-0.3, -0.25) is 14.4 Å². The van der Waals surface area contributed by atoms with Crippen LogP contribution in [-0.2, 0) is 14.4 Å². The number of hydrogen-bond acceptors (Lipinski definition) is 5. The summed E-state index contributed by atoms with van der Waals surface area (Å²) < 4.78 is 0. The predicted molar refractivity (Wildman–Crippen MR) is 202 cm³/mol. The van der Waals surface area contributed by atoms with Crippen LogP contribution in [0.25, 0.3) is 0 Å². The Kier molecular flexibility index (Phi) is 10.6. The van der Waals surface area contributed by atoms with Crippen LogP contribution in [0, 0.1) is 0 Å². The van der Waals surface area contributed by atoms with Crippen molar-refractivity contribution in [1.82, 2.24) is 0 Å². The van der Waals surface area contributed by atoms with Crippen molar-refractivity contribution in [2.45, 2.75) is 96.3 Å². The Bertz CT molecular complexity index is 1700. The van der Waals surface area contributed by atoms with E-state index in [1.54, 1.807) is 0 Å². The third-order valence-electron chi connectivity index (χ3n) is 10.3. The highest BCUT2D eigenvalue weighted by Crippen LogP contribution is 2.41. The van der Waals surface area contributed by atoms with Crippen LogP contribution >= 0.6 is 0 Å². The fourth-order valence-electron chi connectivity index (χ4n) is 7.84. The third kappa shape index (κ3) is 7.25. The first-order chi connectivity index (χ1) is 24.2. The average Bonchev–Trinajstić information content (AvgIpc) is 3.12. The van der Waals surface area contributed by atoms with E-state index in [1.165, 1.54) is 0 Å². The molecule has 260 valence electrons. The van der Waals surface area contributed by atoms with E-state index in [0.717, 1.165) is 57.8 Å². The first kappa shape index (κ1) is 34.7. The Morgan fingerprint density at radius 2 is 1.06 bits per heavy atom. The van der Waals surface area contributed by atoms with E-state index in [9.17, 15) is 14.4 Å². The second-order valence-electron chi connectivity index (χ2n) is 13.7. The predicted octanol–water partition coefficient (Wildman–Crippen LogP) is 8.46. The highest BCUT2D eigenvalue weighted by atomic mass is 16.2. The average molecular weight is 672 g/mol. The lowest BCUT2D eigenvalue weighted by Crippen LogP contribution is -2.44. The third-order valence-corrected chi connectivity index (χ3v) is 10.3. The Morgan fingerprint density at radius 3 is 1.44 bits per heavy atom. The number of hydrogen-bond donors (Lipinski definition) is 3. The van der Waals surface area contributed by atoms with Gasteiger partial charge in [-0.2, -0.15) is 0 Å². The van der Waals surface area contributed by atoms with Gasteiger partial charge in [0.15, 0.2) is 0 Å². The Hall–Kier alpha value is -5.11. The number of amides is 3. The van der Waals surface area contributed by atoms with Crippen LogP contribution in [0.4, 0.5) is 22.7 Å². The molecule has 0 bridgehead atoms. The molecule has 8 heteroatoms. The molecule has 4 aromatic carbocycles. The molecule has 4 aromatic rings. The number of nitrogens with one attached hydrogen (secondary N) is 2. The molecule has 0 radical (unpaired) electrons. The lowest BCUT2D eigenvalue weighted by molar-refractivity contribution is -0.119. The molecular weight excluding hydrogens is 622 g/mol. The van der Waals surface area contributed by atoms with E-state index in [2.05, 4.69) is 85.1 Å². The Morgan fingerprint density at radius 1 is 0.660 bits per heavy atom. The van der Waals surface area contributed by atoms with Crippen molar-refractivity contribution in [3.05, 3.63) is 119 Å². The number of anilines is 4.